The van der Waals surface area contributed by atoms with Gasteiger partial charge in [0.25, 0.3) is 5.56 Å². The van der Waals surface area contributed by atoms with Crippen molar-refractivity contribution in [3.05, 3.63) is 92.4 Å². The average Bonchev–Trinajstić information content (AvgIpc) is 2.71. The molecule has 156 valence electrons. The third kappa shape index (κ3) is 4.65. The van der Waals surface area contributed by atoms with E-state index in [2.05, 4.69) is 4.98 Å². The van der Waals surface area contributed by atoms with Crippen LogP contribution in [0, 0.1) is 5.82 Å². The molecule has 0 unspecified atom stereocenters. The largest absolute Gasteiger partial charge is 0.383 e. The van der Waals surface area contributed by atoms with E-state index in [0.717, 1.165) is 5.56 Å². The molecule has 30 heavy (non-hydrogen) atoms. The topological polar surface area (TPSA) is 101 Å². The van der Waals surface area contributed by atoms with Crippen molar-refractivity contribution < 1.29 is 9.18 Å². The van der Waals surface area contributed by atoms with E-state index in [1.165, 1.54) is 27.7 Å². The van der Waals surface area contributed by atoms with E-state index in [1.807, 2.05) is 37.3 Å². The molecule has 1 amide bonds. The fourth-order valence-corrected chi connectivity index (χ4v) is 3.26. The molecule has 1 heterocycles. The number of nitrogens with two attached hydrogens (primary N) is 1. The molecular formula is C22H23FN4O3. The minimum absolute atomic E-state index is 0.0752. The number of nitrogens with zero attached hydrogens (tertiary/aromatic N) is 2. The lowest BCUT2D eigenvalue weighted by molar-refractivity contribution is -0.118. The molecule has 7 nitrogen and oxygen atoms in total. The van der Waals surface area contributed by atoms with E-state index < -0.39 is 23.0 Å². The van der Waals surface area contributed by atoms with Gasteiger partial charge in [-0.1, -0.05) is 49.4 Å². The Morgan fingerprint density at radius 1 is 1.10 bits per heavy atom. The molecule has 0 bridgehead atoms. The molecule has 8 heteroatoms. The number of carbonyl (C=O) groups is 1. The highest BCUT2D eigenvalue weighted by Gasteiger charge is 2.24. The quantitative estimate of drug-likeness (QED) is 0.624. The second-order valence-corrected chi connectivity index (χ2v) is 6.92. The number of benzene rings is 2. The number of carbonyl (C=O) groups excluding carboxylic acids is 1. The number of rotatable bonds is 7. The van der Waals surface area contributed by atoms with E-state index in [4.69, 9.17) is 5.73 Å². The van der Waals surface area contributed by atoms with Gasteiger partial charge < -0.3 is 10.6 Å². The van der Waals surface area contributed by atoms with Gasteiger partial charge in [-0.25, -0.2) is 9.18 Å². The number of anilines is 2. The lowest BCUT2D eigenvalue weighted by Crippen LogP contribution is -2.42. The first-order chi connectivity index (χ1) is 14.4. The lowest BCUT2D eigenvalue weighted by atomic mass is 10.1. The molecule has 0 aliphatic carbocycles. The Morgan fingerprint density at radius 2 is 1.80 bits per heavy atom. The Morgan fingerprint density at radius 3 is 2.47 bits per heavy atom. The van der Waals surface area contributed by atoms with Crippen LogP contribution in [0.15, 0.2) is 64.2 Å². The molecule has 0 saturated carbocycles. The molecule has 0 saturated heterocycles. The summed E-state index contributed by atoms with van der Waals surface area (Å²) in [6, 6.07) is 14.9. The van der Waals surface area contributed by atoms with E-state index in [0.29, 0.717) is 12.0 Å². The summed E-state index contributed by atoms with van der Waals surface area (Å²) in [4.78, 5) is 41.5. The van der Waals surface area contributed by atoms with Gasteiger partial charge in [0, 0.05) is 6.54 Å². The molecule has 0 atom stereocenters. The predicted molar refractivity (Wildman–Crippen MR) is 114 cm³/mol. The smallest absolute Gasteiger partial charge is 0.330 e. The van der Waals surface area contributed by atoms with Crippen molar-refractivity contribution in [3.8, 4) is 0 Å². The minimum Gasteiger partial charge on any atom is -0.383 e. The van der Waals surface area contributed by atoms with Crippen molar-refractivity contribution in [2.24, 2.45) is 0 Å². The van der Waals surface area contributed by atoms with Gasteiger partial charge in [0.2, 0.25) is 5.91 Å². The Balaban J connectivity index is 2.01. The first kappa shape index (κ1) is 21.0. The van der Waals surface area contributed by atoms with Gasteiger partial charge in [0.05, 0.1) is 13.0 Å². The first-order valence-electron chi connectivity index (χ1n) is 9.62. The summed E-state index contributed by atoms with van der Waals surface area (Å²) in [5, 5.41) is 0. The molecule has 0 spiro atoms. The molecule has 3 aromatic rings. The normalized spacial score (nSPS) is 10.7. The maximum atomic E-state index is 13.5. The summed E-state index contributed by atoms with van der Waals surface area (Å²) in [5.74, 6) is -0.950. The molecule has 0 aliphatic heterocycles. The predicted octanol–water partition coefficient (Wildman–Crippen LogP) is 2.29. The van der Waals surface area contributed by atoms with Crippen LogP contribution in [0.1, 0.15) is 24.5 Å². The second kappa shape index (κ2) is 9.21. The summed E-state index contributed by atoms with van der Waals surface area (Å²) < 4.78 is 14.7. The standard InChI is InChI=1S/C22H23FN4O3/c1-2-11-26(18(28)13-16-9-6-10-17(23)12-16)19-20(24)27(22(30)25-21(19)29)14-15-7-4-3-5-8-15/h3-10,12H,2,11,13-14,24H2,1H3,(H,25,29,30). The van der Waals surface area contributed by atoms with Crippen LogP contribution in [0.3, 0.4) is 0 Å². The van der Waals surface area contributed by atoms with Crippen LogP contribution in [-0.2, 0) is 17.8 Å². The molecule has 1 aromatic heterocycles. The Hall–Kier alpha value is -3.68. The number of nitrogen functional groups attached to an aromatic ring is 1. The molecule has 0 fully saturated rings. The Bertz CT molecular complexity index is 1160. The summed E-state index contributed by atoms with van der Waals surface area (Å²) >= 11 is 0. The Labute approximate surface area is 172 Å². The summed E-state index contributed by atoms with van der Waals surface area (Å²) in [7, 11) is 0. The molecule has 3 rings (SSSR count). The van der Waals surface area contributed by atoms with Crippen LogP contribution in [-0.4, -0.2) is 22.0 Å². The summed E-state index contributed by atoms with van der Waals surface area (Å²) in [6.45, 7) is 2.23. The van der Waals surface area contributed by atoms with E-state index in [-0.39, 0.29) is 31.0 Å². The number of amides is 1. The zero-order valence-electron chi connectivity index (χ0n) is 16.6. The number of halogens is 1. The van der Waals surface area contributed by atoms with Gasteiger partial charge in [-0.2, -0.15) is 0 Å². The number of aromatic nitrogens is 2. The van der Waals surface area contributed by atoms with Gasteiger partial charge in [0.1, 0.15) is 11.6 Å². The summed E-state index contributed by atoms with van der Waals surface area (Å²) in [6.07, 6.45) is 0.458. The molecular weight excluding hydrogens is 387 g/mol. The third-order valence-electron chi connectivity index (χ3n) is 4.66. The Kier molecular flexibility index (Phi) is 6.46. The molecule has 2 aromatic carbocycles. The van der Waals surface area contributed by atoms with Crippen molar-refractivity contribution in [2.45, 2.75) is 26.3 Å². The zero-order valence-corrected chi connectivity index (χ0v) is 16.6. The monoisotopic (exact) mass is 410 g/mol. The van der Waals surface area contributed by atoms with Gasteiger partial charge in [0.15, 0.2) is 5.69 Å². The van der Waals surface area contributed by atoms with Crippen molar-refractivity contribution in [3.63, 3.8) is 0 Å². The van der Waals surface area contributed by atoms with Crippen LogP contribution in [0.4, 0.5) is 15.9 Å². The highest BCUT2D eigenvalue weighted by Crippen LogP contribution is 2.19. The second-order valence-electron chi connectivity index (χ2n) is 6.92. The molecule has 0 aliphatic rings. The highest BCUT2D eigenvalue weighted by molar-refractivity contribution is 5.96. The van der Waals surface area contributed by atoms with E-state index in [9.17, 15) is 18.8 Å². The van der Waals surface area contributed by atoms with Gasteiger partial charge in [-0.05, 0) is 29.7 Å². The number of hydrogen-bond donors (Lipinski definition) is 2. The average molecular weight is 410 g/mol. The maximum absolute atomic E-state index is 13.5. The van der Waals surface area contributed by atoms with Gasteiger partial charge in [-0.15, -0.1) is 0 Å². The van der Waals surface area contributed by atoms with Gasteiger partial charge in [-0.3, -0.25) is 19.1 Å². The number of H-pyrrole nitrogens is 1. The first-order valence-corrected chi connectivity index (χ1v) is 9.62. The SMILES string of the molecule is CCCN(C(=O)Cc1cccc(F)c1)c1c(N)n(Cc2ccccc2)c(=O)[nH]c1=O. The van der Waals surface area contributed by atoms with Crippen LogP contribution in [0.2, 0.25) is 0 Å². The van der Waals surface area contributed by atoms with E-state index in [1.54, 1.807) is 6.07 Å². The fraction of sp³-hybridized carbons (Fsp3) is 0.227. The fourth-order valence-electron chi connectivity index (χ4n) is 3.26. The zero-order chi connectivity index (χ0) is 21.7. The van der Waals surface area contributed by atoms with Crippen molar-refractivity contribution in [1.29, 1.82) is 0 Å². The number of hydrogen-bond acceptors (Lipinski definition) is 4. The highest BCUT2D eigenvalue weighted by atomic mass is 19.1. The number of nitrogens with one attached hydrogen (secondary N) is 1. The lowest BCUT2D eigenvalue weighted by Gasteiger charge is -2.24. The van der Waals surface area contributed by atoms with Crippen LogP contribution in [0.25, 0.3) is 0 Å². The van der Waals surface area contributed by atoms with Crippen LogP contribution in [0.5, 0.6) is 0 Å². The number of aromatic amines is 1. The van der Waals surface area contributed by atoms with Crippen molar-refractivity contribution in [1.82, 2.24) is 9.55 Å². The van der Waals surface area contributed by atoms with Crippen LogP contribution < -0.4 is 21.9 Å². The molecule has 3 N–H and O–H groups in total. The van der Waals surface area contributed by atoms with Crippen LogP contribution >= 0.6 is 0 Å². The molecule has 0 radical (unpaired) electrons. The van der Waals surface area contributed by atoms with Crippen molar-refractivity contribution in [2.75, 3.05) is 17.2 Å². The minimum atomic E-state index is -0.733. The van der Waals surface area contributed by atoms with Crippen molar-refractivity contribution >= 4 is 17.4 Å². The summed E-state index contributed by atoms with van der Waals surface area (Å²) in [5.41, 5.74) is 6.04. The van der Waals surface area contributed by atoms with E-state index >= 15 is 0 Å². The van der Waals surface area contributed by atoms with Gasteiger partial charge >= 0.3 is 5.69 Å². The maximum Gasteiger partial charge on any atom is 0.330 e. The third-order valence-corrected chi connectivity index (χ3v) is 4.66.